The number of esters is 1. The van der Waals surface area contributed by atoms with Crippen molar-refractivity contribution in [2.75, 3.05) is 13.9 Å². The molecule has 0 unspecified atom stereocenters. The number of hydrogen-bond acceptors (Lipinski definition) is 5. The van der Waals surface area contributed by atoms with Gasteiger partial charge in [0.15, 0.2) is 11.5 Å². The van der Waals surface area contributed by atoms with Gasteiger partial charge in [0.05, 0.1) is 7.11 Å². The van der Waals surface area contributed by atoms with Gasteiger partial charge in [0.25, 0.3) is 0 Å². The summed E-state index contributed by atoms with van der Waals surface area (Å²) in [6.45, 7) is 3.85. The van der Waals surface area contributed by atoms with Gasteiger partial charge in [-0.1, -0.05) is 17.3 Å². The molecule has 0 saturated carbocycles. The molecule has 20 heavy (non-hydrogen) atoms. The van der Waals surface area contributed by atoms with E-state index in [9.17, 15) is 4.79 Å². The molecule has 0 N–H and O–H groups in total. The van der Waals surface area contributed by atoms with Crippen LogP contribution in [0.3, 0.4) is 0 Å². The Hall–Kier alpha value is -2.66. The molecule has 1 aliphatic heterocycles. The highest BCUT2D eigenvalue weighted by Gasteiger charge is 2.28. The number of carbonyl (C=O) groups is 1. The first-order valence-electron chi connectivity index (χ1n) is 5.85. The number of nitrogens with zero attached hydrogens (tertiary/aromatic N) is 3. The van der Waals surface area contributed by atoms with Crippen LogP contribution >= 0.6 is 0 Å². The number of hydrogen-bond donors (Lipinski definition) is 0. The van der Waals surface area contributed by atoms with Crippen molar-refractivity contribution in [1.29, 1.82) is 0 Å². The first-order valence-corrected chi connectivity index (χ1v) is 5.85. The molecule has 0 fully saturated rings. The summed E-state index contributed by atoms with van der Waals surface area (Å²) >= 11 is 0. The van der Waals surface area contributed by atoms with Gasteiger partial charge in [-0.05, 0) is 23.2 Å². The quantitative estimate of drug-likeness (QED) is 0.271. The molecule has 1 aliphatic rings. The predicted octanol–water partition coefficient (Wildman–Crippen LogP) is 2.54. The molecule has 7 heteroatoms. The highest BCUT2D eigenvalue weighted by molar-refractivity contribution is 5.77. The lowest BCUT2D eigenvalue weighted by atomic mass is 9.91. The molecule has 104 valence electrons. The molecule has 0 amide bonds. The number of azide groups is 1. The van der Waals surface area contributed by atoms with Crippen molar-refractivity contribution in [2.24, 2.45) is 5.11 Å². The first kappa shape index (κ1) is 13.8. The molecular weight excluding hydrogens is 262 g/mol. The molecule has 1 aromatic carbocycles. The van der Waals surface area contributed by atoms with Crippen molar-refractivity contribution in [3.8, 4) is 11.5 Å². The molecule has 0 aromatic heterocycles. The lowest BCUT2D eigenvalue weighted by molar-refractivity contribution is -0.142. The third-order valence-electron chi connectivity index (χ3n) is 2.99. The number of fused-ring (bicyclic) bond motifs is 1. The minimum Gasteiger partial charge on any atom is -0.469 e. The summed E-state index contributed by atoms with van der Waals surface area (Å²) in [6.07, 6.45) is 1.54. The number of carbonyl (C=O) groups excluding carboxylic acids is 1. The molecule has 0 aliphatic carbocycles. The van der Waals surface area contributed by atoms with Crippen LogP contribution in [0.25, 0.3) is 10.4 Å². The third kappa shape index (κ3) is 2.53. The van der Waals surface area contributed by atoms with Crippen molar-refractivity contribution in [3.05, 3.63) is 46.9 Å². The molecule has 7 nitrogen and oxygen atoms in total. The summed E-state index contributed by atoms with van der Waals surface area (Å²) in [5.41, 5.74) is 9.33. The van der Waals surface area contributed by atoms with Crippen LogP contribution in [0.4, 0.5) is 0 Å². The van der Waals surface area contributed by atoms with Crippen molar-refractivity contribution in [2.45, 2.75) is 12.0 Å². The van der Waals surface area contributed by atoms with Gasteiger partial charge in [-0.25, -0.2) is 0 Å². The van der Waals surface area contributed by atoms with Gasteiger partial charge < -0.3 is 14.2 Å². The maximum Gasteiger partial charge on any atom is 0.315 e. The average Bonchev–Trinajstić information content (AvgIpc) is 2.94. The van der Waals surface area contributed by atoms with Crippen LogP contribution in [0, 0.1) is 0 Å². The van der Waals surface area contributed by atoms with Gasteiger partial charge in [-0.15, -0.1) is 6.58 Å². The predicted molar refractivity (Wildman–Crippen MR) is 70.5 cm³/mol. The van der Waals surface area contributed by atoms with Crippen LogP contribution < -0.4 is 9.47 Å². The summed E-state index contributed by atoms with van der Waals surface area (Å²) < 4.78 is 15.2. The van der Waals surface area contributed by atoms with Gasteiger partial charge in [0.1, 0.15) is 6.04 Å². The fraction of sp³-hybridized carbons (Fsp3) is 0.308. The van der Waals surface area contributed by atoms with Gasteiger partial charge in [0, 0.05) is 10.8 Å². The molecule has 0 radical (unpaired) electrons. The third-order valence-corrected chi connectivity index (χ3v) is 2.99. The largest absolute Gasteiger partial charge is 0.469 e. The molecule has 1 aromatic rings. The number of rotatable bonds is 5. The van der Waals surface area contributed by atoms with Gasteiger partial charge >= 0.3 is 5.97 Å². The van der Waals surface area contributed by atoms with E-state index >= 15 is 0 Å². The summed E-state index contributed by atoms with van der Waals surface area (Å²) in [5.74, 6) is 0.0899. The van der Waals surface area contributed by atoms with E-state index in [2.05, 4.69) is 21.3 Å². The van der Waals surface area contributed by atoms with Gasteiger partial charge in [0.2, 0.25) is 6.79 Å². The monoisotopic (exact) mass is 275 g/mol. The van der Waals surface area contributed by atoms with E-state index in [1.807, 2.05) is 0 Å². The summed E-state index contributed by atoms with van der Waals surface area (Å²) in [4.78, 5) is 14.4. The van der Waals surface area contributed by atoms with Crippen LogP contribution in [-0.2, 0) is 9.53 Å². The van der Waals surface area contributed by atoms with Crippen molar-refractivity contribution >= 4 is 5.97 Å². The average molecular weight is 275 g/mol. The van der Waals surface area contributed by atoms with Crippen LogP contribution in [0.15, 0.2) is 36.0 Å². The van der Waals surface area contributed by atoms with E-state index in [0.717, 1.165) is 5.56 Å². The topological polar surface area (TPSA) is 93.5 Å². The Bertz CT molecular complexity index is 581. The van der Waals surface area contributed by atoms with Crippen LogP contribution in [0.1, 0.15) is 11.5 Å². The van der Waals surface area contributed by atoms with Crippen molar-refractivity contribution < 1.29 is 19.0 Å². The van der Waals surface area contributed by atoms with Crippen molar-refractivity contribution in [1.82, 2.24) is 0 Å². The highest BCUT2D eigenvalue weighted by Crippen LogP contribution is 2.36. The zero-order chi connectivity index (χ0) is 14.5. The Morgan fingerprint density at radius 2 is 2.30 bits per heavy atom. The minimum atomic E-state index is -1.01. The standard InChI is InChI=1S/C13H13N3O4/c1-3-9(12(15-16-14)13(17)18-2)8-4-5-10-11(6-8)20-7-19-10/h3-6,9,12H,1,7H2,2H3/t9-,12-/m1/s1. The summed E-state index contributed by atoms with van der Waals surface area (Å²) in [6, 6.07) is 4.22. The van der Waals surface area contributed by atoms with E-state index in [0.29, 0.717) is 11.5 Å². The molecule has 2 atom stereocenters. The smallest absolute Gasteiger partial charge is 0.315 e. The number of methoxy groups -OCH3 is 1. The summed E-state index contributed by atoms with van der Waals surface area (Å²) in [5, 5.41) is 3.50. The lowest BCUT2D eigenvalue weighted by Gasteiger charge is -2.18. The summed E-state index contributed by atoms with van der Waals surface area (Å²) in [7, 11) is 1.24. The SMILES string of the molecule is C=C[C@H](c1ccc2c(c1)OCO2)[C@@H](N=[N+]=[N-])C(=O)OC. The van der Waals surface area contributed by atoms with Crippen LogP contribution in [0.5, 0.6) is 11.5 Å². The zero-order valence-electron chi connectivity index (χ0n) is 10.9. The number of ether oxygens (including phenoxy) is 3. The molecule has 0 spiro atoms. The Labute approximate surface area is 115 Å². The van der Waals surface area contributed by atoms with Gasteiger partial charge in [-0.2, -0.15) is 0 Å². The molecule has 0 bridgehead atoms. The Morgan fingerprint density at radius 1 is 1.55 bits per heavy atom. The Kier molecular flexibility index (Phi) is 4.12. The van der Waals surface area contributed by atoms with E-state index < -0.39 is 17.9 Å². The zero-order valence-corrected chi connectivity index (χ0v) is 10.9. The first-order chi connectivity index (χ1) is 9.71. The molecular formula is C13H13N3O4. The number of benzene rings is 1. The van der Waals surface area contributed by atoms with E-state index in [1.165, 1.54) is 13.2 Å². The molecule has 0 saturated heterocycles. The molecule has 2 rings (SSSR count). The van der Waals surface area contributed by atoms with E-state index in [4.69, 9.17) is 15.0 Å². The maximum atomic E-state index is 11.7. The molecule has 1 heterocycles. The second-order valence-electron chi connectivity index (χ2n) is 4.05. The van der Waals surface area contributed by atoms with E-state index in [1.54, 1.807) is 18.2 Å². The second-order valence-corrected chi connectivity index (χ2v) is 4.05. The van der Waals surface area contributed by atoms with E-state index in [-0.39, 0.29) is 6.79 Å². The normalized spacial score (nSPS) is 14.8. The van der Waals surface area contributed by atoms with Gasteiger partial charge in [-0.3, -0.25) is 4.79 Å². The van der Waals surface area contributed by atoms with Crippen LogP contribution in [0.2, 0.25) is 0 Å². The van der Waals surface area contributed by atoms with Crippen molar-refractivity contribution in [3.63, 3.8) is 0 Å². The lowest BCUT2D eigenvalue weighted by Crippen LogP contribution is -2.26. The Balaban J connectivity index is 2.37. The fourth-order valence-corrected chi connectivity index (χ4v) is 2.01. The van der Waals surface area contributed by atoms with Crippen LogP contribution in [-0.4, -0.2) is 25.9 Å². The Morgan fingerprint density at radius 3 is 2.95 bits per heavy atom. The minimum absolute atomic E-state index is 0.161. The highest BCUT2D eigenvalue weighted by atomic mass is 16.7. The maximum absolute atomic E-state index is 11.7. The second kappa shape index (κ2) is 5.99. The fourth-order valence-electron chi connectivity index (χ4n) is 2.01.